The van der Waals surface area contributed by atoms with Gasteiger partial charge in [0.15, 0.2) is 0 Å². The molecule has 0 aliphatic rings. The lowest BCUT2D eigenvalue weighted by Gasteiger charge is -2.24. The fourth-order valence-electron chi connectivity index (χ4n) is 1.54. The summed E-state index contributed by atoms with van der Waals surface area (Å²) in [5.41, 5.74) is 0.786. The van der Waals surface area contributed by atoms with Crippen molar-refractivity contribution < 1.29 is 14.7 Å². The Morgan fingerprint density at radius 3 is 2.59 bits per heavy atom. The van der Waals surface area contributed by atoms with Crippen LogP contribution in [0.4, 0.5) is 0 Å². The molecule has 6 nitrogen and oxygen atoms in total. The summed E-state index contributed by atoms with van der Waals surface area (Å²) in [5.74, 6) is -1.20. The third-order valence-corrected chi connectivity index (χ3v) is 2.36. The minimum absolute atomic E-state index is 0.129. The molecule has 0 aliphatic heterocycles. The number of rotatable bonds is 5. The van der Waals surface area contributed by atoms with Crippen molar-refractivity contribution >= 4 is 11.9 Å². The van der Waals surface area contributed by atoms with E-state index in [1.54, 1.807) is 38.0 Å². The van der Waals surface area contributed by atoms with Gasteiger partial charge in [-0.25, -0.2) is 0 Å². The average Bonchev–Trinajstić information content (AvgIpc) is 2.59. The lowest BCUT2D eigenvalue weighted by Crippen LogP contribution is -2.41. The fraction of sp³-hybridized carbons (Fsp3) is 0.545. The highest BCUT2D eigenvalue weighted by molar-refractivity contribution is 5.83. The molecule has 0 bridgehead atoms. The zero-order chi connectivity index (χ0) is 13.0. The van der Waals surface area contributed by atoms with Crippen molar-refractivity contribution in [1.29, 1.82) is 0 Å². The number of nitrogens with zero attached hydrogens (tertiary/aromatic N) is 3. The van der Waals surface area contributed by atoms with E-state index in [-0.39, 0.29) is 24.9 Å². The molecule has 0 aliphatic carbocycles. The van der Waals surface area contributed by atoms with E-state index in [2.05, 4.69) is 5.10 Å². The van der Waals surface area contributed by atoms with Gasteiger partial charge in [0.1, 0.15) is 6.54 Å². The second-order valence-electron chi connectivity index (χ2n) is 4.21. The quantitative estimate of drug-likeness (QED) is 0.801. The maximum atomic E-state index is 11.9. The van der Waals surface area contributed by atoms with Crippen LogP contribution in [-0.2, 0) is 23.1 Å². The Bertz CT molecular complexity index is 412. The molecule has 0 saturated carbocycles. The number of amides is 1. The maximum Gasteiger partial charge on any atom is 0.323 e. The molecular weight excluding hydrogens is 222 g/mol. The van der Waals surface area contributed by atoms with E-state index in [1.807, 2.05) is 0 Å². The van der Waals surface area contributed by atoms with Crippen LogP contribution in [0.1, 0.15) is 19.4 Å². The molecule has 1 rings (SSSR count). The number of hydrogen-bond donors (Lipinski definition) is 1. The Morgan fingerprint density at radius 1 is 1.53 bits per heavy atom. The number of aryl methyl sites for hydroxylation is 1. The van der Waals surface area contributed by atoms with Gasteiger partial charge in [-0.05, 0) is 19.4 Å². The summed E-state index contributed by atoms with van der Waals surface area (Å²) in [5, 5.41) is 12.7. The van der Waals surface area contributed by atoms with Gasteiger partial charge in [0.25, 0.3) is 0 Å². The van der Waals surface area contributed by atoms with Crippen molar-refractivity contribution in [3.8, 4) is 0 Å². The molecule has 1 aromatic heterocycles. The summed E-state index contributed by atoms with van der Waals surface area (Å²) in [4.78, 5) is 23.9. The van der Waals surface area contributed by atoms with Crippen molar-refractivity contribution in [3.05, 3.63) is 18.0 Å². The number of carboxylic acid groups (broad SMARTS) is 1. The van der Waals surface area contributed by atoms with Gasteiger partial charge in [-0.1, -0.05) is 0 Å². The van der Waals surface area contributed by atoms with E-state index < -0.39 is 5.97 Å². The third kappa shape index (κ3) is 3.90. The van der Waals surface area contributed by atoms with Gasteiger partial charge in [0.2, 0.25) is 5.91 Å². The van der Waals surface area contributed by atoms with Crippen molar-refractivity contribution in [2.24, 2.45) is 7.05 Å². The van der Waals surface area contributed by atoms with Crippen LogP contribution >= 0.6 is 0 Å². The van der Waals surface area contributed by atoms with Crippen molar-refractivity contribution in [2.75, 3.05) is 6.54 Å². The number of carboxylic acids is 1. The van der Waals surface area contributed by atoms with Crippen molar-refractivity contribution in [1.82, 2.24) is 14.7 Å². The fourth-order valence-corrected chi connectivity index (χ4v) is 1.54. The number of aliphatic carboxylic acids is 1. The summed E-state index contributed by atoms with van der Waals surface area (Å²) in [6, 6.07) is -0.129. The Labute approximate surface area is 99.8 Å². The molecule has 0 aromatic carbocycles. The Kier molecular flexibility index (Phi) is 4.25. The number of carbonyl (C=O) groups excluding carboxylic acids is 1. The SMILES string of the molecule is CC(C)N(CC(=O)O)C(=O)Cc1cnn(C)c1. The molecule has 0 saturated heterocycles. The average molecular weight is 239 g/mol. The highest BCUT2D eigenvalue weighted by Crippen LogP contribution is 2.05. The molecule has 0 radical (unpaired) electrons. The number of aromatic nitrogens is 2. The van der Waals surface area contributed by atoms with Gasteiger partial charge < -0.3 is 10.0 Å². The number of hydrogen-bond acceptors (Lipinski definition) is 3. The Balaban J connectivity index is 2.68. The molecule has 0 unspecified atom stereocenters. The first-order valence-corrected chi connectivity index (χ1v) is 5.39. The molecule has 1 N–H and O–H groups in total. The van der Waals surface area contributed by atoms with E-state index in [4.69, 9.17) is 5.11 Å². The van der Waals surface area contributed by atoms with Gasteiger partial charge in [-0.15, -0.1) is 0 Å². The smallest absolute Gasteiger partial charge is 0.323 e. The zero-order valence-corrected chi connectivity index (χ0v) is 10.3. The predicted octanol–water partition coefficient (Wildman–Crippen LogP) is 0.284. The van der Waals surface area contributed by atoms with Gasteiger partial charge in [-0.2, -0.15) is 5.10 Å². The molecule has 94 valence electrons. The van der Waals surface area contributed by atoms with E-state index in [0.29, 0.717) is 0 Å². The van der Waals surface area contributed by atoms with Crippen molar-refractivity contribution in [3.63, 3.8) is 0 Å². The molecule has 1 heterocycles. The van der Waals surface area contributed by atoms with Crippen LogP contribution in [0.5, 0.6) is 0 Å². The van der Waals surface area contributed by atoms with Crippen LogP contribution in [-0.4, -0.2) is 44.3 Å². The van der Waals surface area contributed by atoms with Crippen LogP contribution in [0, 0.1) is 0 Å². The van der Waals surface area contributed by atoms with Gasteiger partial charge in [0, 0.05) is 19.3 Å². The zero-order valence-electron chi connectivity index (χ0n) is 10.3. The molecule has 0 atom stereocenters. The normalized spacial score (nSPS) is 10.6. The summed E-state index contributed by atoms with van der Waals surface area (Å²) < 4.78 is 1.61. The van der Waals surface area contributed by atoms with Gasteiger partial charge in [0.05, 0.1) is 12.6 Å². The standard InChI is InChI=1S/C11H17N3O3/c1-8(2)14(7-11(16)17)10(15)4-9-5-12-13(3)6-9/h5-6,8H,4,7H2,1-3H3,(H,16,17). The van der Waals surface area contributed by atoms with Crippen LogP contribution in [0.25, 0.3) is 0 Å². The predicted molar refractivity (Wildman–Crippen MR) is 61.4 cm³/mol. The van der Waals surface area contributed by atoms with Crippen LogP contribution in [0.3, 0.4) is 0 Å². The van der Waals surface area contributed by atoms with E-state index in [9.17, 15) is 9.59 Å². The number of carbonyl (C=O) groups is 2. The second kappa shape index (κ2) is 5.47. The van der Waals surface area contributed by atoms with Gasteiger partial charge in [-0.3, -0.25) is 14.3 Å². The summed E-state index contributed by atoms with van der Waals surface area (Å²) in [7, 11) is 1.77. The lowest BCUT2D eigenvalue weighted by atomic mass is 10.2. The molecule has 1 amide bonds. The second-order valence-corrected chi connectivity index (χ2v) is 4.21. The van der Waals surface area contributed by atoms with E-state index >= 15 is 0 Å². The lowest BCUT2D eigenvalue weighted by molar-refractivity contribution is -0.145. The van der Waals surface area contributed by atoms with Crippen LogP contribution in [0.15, 0.2) is 12.4 Å². The molecule has 0 fully saturated rings. The molecule has 6 heteroatoms. The maximum absolute atomic E-state index is 11.9. The Morgan fingerprint density at radius 2 is 2.18 bits per heavy atom. The highest BCUT2D eigenvalue weighted by Gasteiger charge is 2.20. The van der Waals surface area contributed by atoms with E-state index in [1.165, 1.54) is 4.90 Å². The van der Waals surface area contributed by atoms with Crippen LogP contribution < -0.4 is 0 Å². The molecule has 0 spiro atoms. The van der Waals surface area contributed by atoms with Crippen molar-refractivity contribution in [2.45, 2.75) is 26.3 Å². The first-order chi connectivity index (χ1) is 7.90. The topological polar surface area (TPSA) is 75.4 Å². The van der Waals surface area contributed by atoms with E-state index in [0.717, 1.165) is 5.56 Å². The van der Waals surface area contributed by atoms with Crippen LogP contribution in [0.2, 0.25) is 0 Å². The summed E-state index contributed by atoms with van der Waals surface area (Å²) in [6.07, 6.45) is 3.54. The monoisotopic (exact) mass is 239 g/mol. The summed E-state index contributed by atoms with van der Waals surface area (Å²) >= 11 is 0. The third-order valence-electron chi connectivity index (χ3n) is 2.36. The summed E-state index contributed by atoms with van der Waals surface area (Å²) in [6.45, 7) is 3.32. The largest absolute Gasteiger partial charge is 0.480 e. The minimum Gasteiger partial charge on any atom is -0.480 e. The first-order valence-electron chi connectivity index (χ1n) is 5.39. The molecule has 17 heavy (non-hydrogen) atoms. The highest BCUT2D eigenvalue weighted by atomic mass is 16.4. The Hall–Kier alpha value is -1.85. The minimum atomic E-state index is -1.00. The molecular formula is C11H17N3O3. The first kappa shape index (κ1) is 13.2. The van der Waals surface area contributed by atoms with Gasteiger partial charge >= 0.3 is 5.97 Å². The molecule has 1 aromatic rings.